The first-order valence-electron chi connectivity index (χ1n) is 10.8. The smallest absolute Gasteiger partial charge is 0.336 e. The van der Waals surface area contributed by atoms with Crippen LogP contribution in [0.3, 0.4) is 0 Å². The van der Waals surface area contributed by atoms with E-state index < -0.39 is 17.7 Å². The fourth-order valence-electron chi connectivity index (χ4n) is 4.57. The SMILES string of the molecule is CCCOC(=O)C1=C(C)NC2=C(C(=O)C[C@H](c3ccc(Cl)cc3)C2)[C@@H]1c1ccccc1F. The number of carbonyl (C=O) groups excluding carboxylic acids is 2. The van der Waals surface area contributed by atoms with Crippen molar-refractivity contribution >= 4 is 23.4 Å². The van der Waals surface area contributed by atoms with Gasteiger partial charge >= 0.3 is 5.97 Å². The van der Waals surface area contributed by atoms with Gasteiger partial charge in [0, 0.05) is 34.0 Å². The number of halogens is 2. The summed E-state index contributed by atoms with van der Waals surface area (Å²) in [6.45, 7) is 3.94. The van der Waals surface area contributed by atoms with Crippen LogP contribution in [0.15, 0.2) is 71.1 Å². The summed E-state index contributed by atoms with van der Waals surface area (Å²) in [7, 11) is 0. The molecule has 2 aliphatic rings. The normalized spacial score (nSPS) is 20.7. The van der Waals surface area contributed by atoms with Crippen molar-refractivity contribution in [3.05, 3.63) is 93.0 Å². The first-order chi connectivity index (χ1) is 15.4. The van der Waals surface area contributed by atoms with Gasteiger partial charge in [-0.05, 0) is 49.4 Å². The molecule has 0 bridgehead atoms. The van der Waals surface area contributed by atoms with E-state index in [0.717, 1.165) is 11.3 Å². The average Bonchev–Trinajstić information content (AvgIpc) is 2.77. The van der Waals surface area contributed by atoms with Gasteiger partial charge < -0.3 is 10.1 Å². The Bertz CT molecular complexity index is 1120. The summed E-state index contributed by atoms with van der Waals surface area (Å²) in [5.74, 6) is -1.89. The first-order valence-corrected chi connectivity index (χ1v) is 11.2. The second kappa shape index (κ2) is 9.29. The molecule has 0 spiro atoms. The standard InChI is InChI=1S/C26H25ClFNO3/c1-3-12-32-26(31)23-15(2)29-21-13-17(16-8-10-18(27)11-9-16)14-22(30)25(21)24(23)19-6-4-5-7-20(19)28/h4-11,17,24,29H,3,12-14H2,1-2H3/t17-,24-/m1/s1. The first kappa shape index (κ1) is 22.3. The topological polar surface area (TPSA) is 55.4 Å². The lowest BCUT2D eigenvalue weighted by molar-refractivity contribution is -0.139. The predicted molar refractivity (Wildman–Crippen MR) is 122 cm³/mol. The Balaban J connectivity index is 1.79. The molecule has 166 valence electrons. The zero-order chi connectivity index (χ0) is 22.8. The largest absolute Gasteiger partial charge is 0.462 e. The maximum absolute atomic E-state index is 14.9. The third-order valence-electron chi connectivity index (χ3n) is 6.04. The molecule has 0 saturated carbocycles. The molecule has 0 unspecified atom stereocenters. The summed E-state index contributed by atoms with van der Waals surface area (Å²) in [4.78, 5) is 26.4. The molecule has 2 aromatic rings. The fourth-order valence-corrected chi connectivity index (χ4v) is 4.70. The van der Waals surface area contributed by atoms with E-state index in [1.54, 1.807) is 25.1 Å². The van der Waals surface area contributed by atoms with Crippen LogP contribution in [0.1, 0.15) is 56.1 Å². The van der Waals surface area contributed by atoms with E-state index in [4.69, 9.17) is 16.3 Å². The predicted octanol–water partition coefficient (Wildman–Crippen LogP) is 5.79. The van der Waals surface area contributed by atoms with E-state index in [2.05, 4.69) is 5.32 Å². The summed E-state index contributed by atoms with van der Waals surface area (Å²) in [6.07, 6.45) is 1.54. The van der Waals surface area contributed by atoms with Crippen molar-refractivity contribution in [2.45, 2.75) is 44.9 Å². The van der Waals surface area contributed by atoms with Gasteiger partial charge in [0.05, 0.1) is 18.1 Å². The molecular weight excluding hydrogens is 429 g/mol. The van der Waals surface area contributed by atoms with Crippen LogP contribution < -0.4 is 5.32 Å². The fraction of sp³-hybridized carbons (Fsp3) is 0.308. The van der Waals surface area contributed by atoms with Crippen LogP contribution in [-0.2, 0) is 14.3 Å². The Hall–Kier alpha value is -2.92. The van der Waals surface area contributed by atoms with Crippen LogP contribution >= 0.6 is 11.6 Å². The van der Waals surface area contributed by atoms with Gasteiger partial charge in [-0.25, -0.2) is 9.18 Å². The average molecular weight is 454 g/mol. The second-order valence-electron chi connectivity index (χ2n) is 8.23. The van der Waals surface area contributed by atoms with Gasteiger partial charge in [0.1, 0.15) is 5.82 Å². The molecule has 0 fully saturated rings. The summed E-state index contributed by atoms with van der Waals surface area (Å²) >= 11 is 6.02. The van der Waals surface area contributed by atoms with Crippen molar-refractivity contribution in [1.29, 1.82) is 0 Å². The highest BCUT2D eigenvalue weighted by atomic mass is 35.5. The van der Waals surface area contributed by atoms with E-state index in [0.29, 0.717) is 40.3 Å². The van der Waals surface area contributed by atoms with E-state index >= 15 is 0 Å². The van der Waals surface area contributed by atoms with Crippen molar-refractivity contribution in [3.8, 4) is 0 Å². The number of allylic oxidation sites excluding steroid dienone is 3. The Morgan fingerprint density at radius 2 is 1.88 bits per heavy atom. The molecule has 2 aromatic carbocycles. The van der Waals surface area contributed by atoms with Crippen molar-refractivity contribution in [3.63, 3.8) is 0 Å². The second-order valence-corrected chi connectivity index (χ2v) is 8.66. The molecule has 0 aromatic heterocycles. The van der Waals surface area contributed by atoms with E-state index in [1.807, 2.05) is 31.2 Å². The Morgan fingerprint density at radius 3 is 2.56 bits per heavy atom. The molecule has 32 heavy (non-hydrogen) atoms. The Morgan fingerprint density at radius 1 is 1.16 bits per heavy atom. The Labute approximate surface area is 192 Å². The molecule has 0 amide bonds. The van der Waals surface area contributed by atoms with Crippen LogP contribution in [0.4, 0.5) is 4.39 Å². The van der Waals surface area contributed by atoms with E-state index in [-0.39, 0.29) is 24.7 Å². The van der Waals surface area contributed by atoms with Crippen molar-refractivity contribution in [2.24, 2.45) is 0 Å². The molecule has 6 heteroatoms. The zero-order valence-electron chi connectivity index (χ0n) is 18.1. The maximum Gasteiger partial charge on any atom is 0.336 e. The Kier molecular flexibility index (Phi) is 6.47. The summed E-state index contributed by atoms with van der Waals surface area (Å²) in [5.41, 5.74) is 3.40. The van der Waals surface area contributed by atoms with Gasteiger partial charge in [-0.3, -0.25) is 4.79 Å². The lowest BCUT2D eigenvalue weighted by atomic mass is 9.71. The lowest BCUT2D eigenvalue weighted by Crippen LogP contribution is -2.36. The number of benzene rings is 2. The number of rotatable bonds is 5. The highest BCUT2D eigenvalue weighted by Gasteiger charge is 2.42. The number of ketones is 1. The van der Waals surface area contributed by atoms with Crippen LogP contribution in [-0.4, -0.2) is 18.4 Å². The van der Waals surface area contributed by atoms with Crippen molar-refractivity contribution < 1.29 is 18.7 Å². The molecule has 1 aliphatic carbocycles. The van der Waals surface area contributed by atoms with E-state index in [9.17, 15) is 14.0 Å². The van der Waals surface area contributed by atoms with Crippen LogP contribution in [0.5, 0.6) is 0 Å². The zero-order valence-corrected chi connectivity index (χ0v) is 18.8. The van der Waals surface area contributed by atoms with E-state index in [1.165, 1.54) is 6.07 Å². The van der Waals surface area contributed by atoms with Crippen LogP contribution in [0.2, 0.25) is 5.02 Å². The number of Topliss-reactive ketones (excluding diaryl/α,β-unsaturated/α-hetero) is 1. The highest BCUT2D eigenvalue weighted by molar-refractivity contribution is 6.30. The molecule has 2 atom stereocenters. The maximum atomic E-state index is 14.9. The molecular formula is C26H25ClFNO3. The number of hydrogen-bond donors (Lipinski definition) is 1. The van der Waals surface area contributed by atoms with Crippen molar-refractivity contribution in [2.75, 3.05) is 6.61 Å². The highest BCUT2D eigenvalue weighted by Crippen LogP contribution is 2.46. The lowest BCUT2D eigenvalue weighted by Gasteiger charge is -2.36. The van der Waals surface area contributed by atoms with Crippen LogP contribution in [0.25, 0.3) is 0 Å². The number of carbonyl (C=O) groups is 2. The third-order valence-corrected chi connectivity index (χ3v) is 6.29. The molecule has 0 saturated heterocycles. The molecule has 1 aliphatic heterocycles. The van der Waals surface area contributed by atoms with Crippen LogP contribution in [0, 0.1) is 5.82 Å². The molecule has 4 rings (SSSR count). The van der Waals surface area contributed by atoms with Gasteiger partial charge in [0.2, 0.25) is 0 Å². The molecule has 0 radical (unpaired) electrons. The minimum atomic E-state index is -0.796. The van der Waals surface area contributed by atoms with Crippen molar-refractivity contribution in [1.82, 2.24) is 5.32 Å². The number of ether oxygens (including phenoxy) is 1. The number of hydrogen-bond acceptors (Lipinski definition) is 4. The quantitative estimate of drug-likeness (QED) is 0.582. The monoisotopic (exact) mass is 453 g/mol. The number of nitrogens with one attached hydrogen (secondary N) is 1. The molecule has 1 heterocycles. The van der Waals surface area contributed by atoms with Gasteiger partial charge in [0.15, 0.2) is 5.78 Å². The number of dihydropyridines is 1. The summed E-state index contributed by atoms with van der Waals surface area (Å²) in [5, 5.41) is 3.91. The van der Waals surface area contributed by atoms with Gasteiger partial charge in [-0.15, -0.1) is 0 Å². The minimum Gasteiger partial charge on any atom is -0.462 e. The van der Waals surface area contributed by atoms with Gasteiger partial charge in [-0.1, -0.05) is 48.9 Å². The minimum absolute atomic E-state index is 0.0197. The molecule has 1 N–H and O–H groups in total. The summed E-state index contributed by atoms with van der Waals surface area (Å²) in [6, 6.07) is 13.8. The number of esters is 1. The van der Waals surface area contributed by atoms with Gasteiger partial charge in [-0.2, -0.15) is 0 Å². The van der Waals surface area contributed by atoms with Gasteiger partial charge in [0.25, 0.3) is 0 Å². The third kappa shape index (κ3) is 4.22. The molecule has 4 nitrogen and oxygen atoms in total. The summed E-state index contributed by atoms with van der Waals surface area (Å²) < 4.78 is 20.3.